The van der Waals surface area contributed by atoms with Crippen molar-refractivity contribution in [1.82, 2.24) is 15.1 Å². The van der Waals surface area contributed by atoms with E-state index in [1.165, 1.54) is 14.0 Å². The molecule has 1 aromatic carbocycles. The van der Waals surface area contributed by atoms with Crippen molar-refractivity contribution in [2.75, 3.05) is 7.11 Å². The van der Waals surface area contributed by atoms with Gasteiger partial charge in [0, 0.05) is 11.8 Å². The van der Waals surface area contributed by atoms with Crippen LogP contribution >= 0.6 is 0 Å². The highest BCUT2D eigenvalue weighted by Gasteiger charge is 2.34. The summed E-state index contributed by atoms with van der Waals surface area (Å²) in [6.07, 6.45) is -3.39. The summed E-state index contributed by atoms with van der Waals surface area (Å²) in [7, 11) is 1.54. The van der Waals surface area contributed by atoms with Gasteiger partial charge in [-0.3, -0.25) is 9.48 Å². The largest absolute Gasteiger partial charge is 0.496 e. The van der Waals surface area contributed by atoms with Crippen LogP contribution in [0.2, 0.25) is 0 Å². The number of alkyl halides is 3. The number of rotatable bonds is 5. The Bertz CT molecular complexity index is 756. The van der Waals surface area contributed by atoms with Crippen molar-refractivity contribution in [3.05, 3.63) is 47.3 Å². The molecule has 0 saturated carbocycles. The maximum atomic E-state index is 12.6. The molecule has 0 aliphatic carbocycles. The molecule has 5 nitrogen and oxygen atoms in total. The summed E-state index contributed by atoms with van der Waals surface area (Å²) in [5.74, 6) is 0.192. The van der Waals surface area contributed by atoms with Crippen LogP contribution in [0.15, 0.2) is 30.5 Å². The van der Waals surface area contributed by atoms with E-state index < -0.39 is 23.8 Å². The van der Waals surface area contributed by atoms with Crippen molar-refractivity contribution in [3.8, 4) is 5.75 Å². The van der Waals surface area contributed by atoms with Crippen LogP contribution in [-0.4, -0.2) is 22.8 Å². The molecule has 2 atom stereocenters. The number of carbonyl (C=O) groups excluding carboxylic acids is 1. The molecule has 1 aromatic heterocycles. The van der Waals surface area contributed by atoms with Gasteiger partial charge in [0.15, 0.2) is 5.69 Å². The lowest BCUT2D eigenvalue weighted by atomic mass is 10.0. The number of nitrogens with zero attached hydrogens (tertiary/aromatic N) is 2. The van der Waals surface area contributed by atoms with Gasteiger partial charge < -0.3 is 10.1 Å². The molecule has 1 N–H and O–H groups in total. The van der Waals surface area contributed by atoms with Crippen LogP contribution in [0.5, 0.6) is 5.75 Å². The number of aromatic nitrogens is 2. The fraction of sp³-hybridized carbons (Fsp3) is 0.412. The molecule has 0 spiro atoms. The zero-order valence-electron chi connectivity index (χ0n) is 14.4. The highest BCUT2D eigenvalue weighted by molar-refractivity contribution is 5.80. The van der Waals surface area contributed by atoms with Gasteiger partial charge in [-0.2, -0.15) is 18.3 Å². The summed E-state index contributed by atoms with van der Waals surface area (Å²) < 4.78 is 44.2. The molecule has 136 valence electrons. The molecule has 8 heteroatoms. The van der Waals surface area contributed by atoms with E-state index in [0.29, 0.717) is 5.75 Å². The molecular weight excluding hydrogens is 335 g/mol. The van der Waals surface area contributed by atoms with Crippen LogP contribution < -0.4 is 10.1 Å². The van der Waals surface area contributed by atoms with E-state index in [9.17, 15) is 18.0 Å². The lowest BCUT2D eigenvalue weighted by molar-refractivity contribution is -0.142. The third-order valence-corrected chi connectivity index (χ3v) is 3.89. The summed E-state index contributed by atoms with van der Waals surface area (Å²) in [6, 6.07) is 5.18. The average Bonchev–Trinajstić information content (AvgIpc) is 3.04. The second kappa shape index (κ2) is 7.16. The number of hydrogen-bond acceptors (Lipinski definition) is 3. The van der Waals surface area contributed by atoms with Crippen molar-refractivity contribution < 1.29 is 22.7 Å². The maximum Gasteiger partial charge on any atom is 0.435 e. The van der Waals surface area contributed by atoms with E-state index in [2.05, 4.69) is 10.4 Å². The lowest BCUT2D eigenvalue weighted by Crippen LogP contribution is -2.33. The summed E-state index contributed by atoms with van der Waals surface area (Å²) in [5, 5.41) is 6.22. The fourth-order valence-electron chi connectivity index (χ4n) is 2.43. The molecular formula is C17H20F3N3O2. The van der Waals surface area contributed by atoms with E-state index in [-0.39, 0.29) is 6.04 Å². The molecule has 25 heavy (non-hydrogen) atoms. The number of benzene rings is 1. The van der Waals surface area contributed by atoms with Crippen molar-refractivity contribution in [2.45, 2.75) is 39.0 Å². The second-order valence-electron chi connectivity index (χ2n) is 5.83. The van der Waals surface area contributed by atoms with E-state index in [4.69, 9.17) is 4.74 Å². The molecule has 0 fully saturated rings. The van der Waals surface area contributed by atoms with Crippen molar-refractivity contribution in [1.29, 1.82) is 0 Å². The molecule has 0 aliphatic heterocycles. The zero-order valence-corrected chi connectivity index (χ0v) is 14.4. The first kappa shape index (κ1) is 18.8. The van der Waals surface area contributed by atoms with Crippen LogP contribution in [-0.2, 0) is 11.0 Å². The highest BCUT2D eigenvalue weighted by Crippen LogP contribution is 2.28. The van der Waals surface area contributed by atoms with Crippen molar-refractivity contribution in [2.24, 2.45) is 0 Å². The van der Waals surface area contributed by atoms with Gasteiger partial charge in [-0.05, 0) is 32.9 Å². The quantitative estimate of drug-likeness (QED) is 0.891. The molecule has 1 unspecified atom stereocenters. The fourth-order valence-corrected chi connectivity index (χ4v) is 2.43. The van der Waals surface area contributed by atoms with Gasteiger partial charge in [-0.1, -0.05) is 17.7 Å². The minimum absolute atomic E-state index is 0.373. The third kappa shape index (κ3) is 4.32. The monoisotopic (exact) mass is 355 g/mol. The van der Waals surface area contributed by atoms with Gasteiger partial charge in [0.25, 0.3) is 0 Å². The Hall–Kier alpha value is -2.51. The van der Waals surface area contributed by atoms with Gasteiger partial charge in [0.05, 0.1) is 13.2 Å². The van der Waals surface area contributed by atoms with Crippen LogP contribution in [0.1, 0.15) is 42.8 Å². The van der Waals surface area contributed by atoms with Crippen molar-refractivity contribution in [3.63, 3.8) is 0 Å². The normalized spacial score (nSPS) is 14.0. The van der Waals surface area contributed by atoms with Gasteiger partial charge in [-0.15, -0.1) is 0 Å². The first-order chi connectivity index (χ1) is 11.6. The number of carbonyl (C=O) groups is 1. The van der Waals surface area contributed by atoms with E-state index in [0.717, 1.165) is 28.1 Å². The number of aryl methyl sites for hydroxylation is 1. The Morgan fingerprint density at radius 3 is 2.52 bits per heavy atom. The van der Waals surface area contributed by atoms with Crippen LogP contribution in [0, 0.1) is 6.92 Å². The molecule has 0 radical (unpaired) electrons. The topological polar surface area (TPSA) is 56.1 Å². The maximum absolute atomic E-state index is 12.6. The standard InChI is InChI=1S/C17H20F3N3O2/c1-10-5-6-14(25-4)13(9-10)11(2)21-16(24)12(3)23-8-7-15(22-23)17(18,19)20/h5-9,11-12H,1-4H3,(H,21,24)/t11-,12?/m1/s1. The average molecular weight is 355 g/mol. The Morgan fingerprint density at radius 1 is 1.28 bits per heavy atom. The Labute approximate surface area is 143 Å². The molecule has 0 bridgehead atoms. The molecule has 1 heterocycles. The number of halogens is 3. The summed E-state index contributed by atoms with van der Waals surface area (Å²) in [4.78, 5) is 12.4. The van der Waals surface area contributed by atoms with E-state index >= 15 is 0 Å². The highest BCUT2D eigenvalue weighted by atomic mass is 19.4. The smallest absolute Gasteiger partial charge is 0.435 e. The van der Waals surface area contributed by atoms with E-state index in [1.807, 2.05) is 19.1 Å². The minimum Gasteiger partial charge on any atom is -0.496 e. The number of hydrogen-bond donors (Lipinski definition) is 1. The van der Waals surface area contributed by atoms with Gasteiger partial charge in [-0.25, -0.2) is 0 Å². The third-order valence-electron chi connectivity index (χ3n) is 3.89. The molecule has 2 rings (SSSR count). The second-order valence-corrected chi connectivity index (χ2v) is 5.83. The van der Waals surface area contributed by atoms with Gasteiger partial charge in [0.2, 0.25) is 5.91 Å². The number of nitrogens with one attached hydrogen (secondary N) is 1. The SMILES string of the molecule is COc1ccc(C)cc1[C@@H](C)NC(=O)C(C)n1ccc(C(F)(F)F)n1. The molecule has 2 aromatic rings. The number of ether oxygens (including phenoxy) is 1. The number of methoxy groups -OCH3 is 1. The first-order valence-electron chi connectivity index (χ1n) is 7.70. The van der Waals surface area contributed by atoms with Crippen molar-refractivity contribution >= 4 is 5.91 Å². The summed E-state index contributed by atoms with van der Waals surface area (Å²) >= 11 is 0. The minimum atomic E-state index is -4.54. The molecule has 0 aliphatic rings. The Morgan fingerprint density at radius 2 is 1.96 bits per heavy atom. The van der Waals surface area contributed by atoms with Crippen LogP contribution in [0.4, 0.5) is 13.2 Å². The molecule has 0 saturated heterocycles. The zero-order chi connectivity index (χ0) is 18.8. The Kier molecular flexibility index (Phi) is 5.39. The summed E-state index contributed by atoms with van der Waals surface area (Å²) in [5.41, 5.74) is 0.770. The summed E-state index contributed by atoms with van der Waals surface area (Å²) in [6.45, 7) is 5.19. The van der Waals surface area contributed by atoms with Gasteiger partial charge >= 0.3 is 6.18 Å². The van der Waals surface area contributed by atoms with Crippen LogP contribution in [0.3, 0.4) is 0 Å². The predicted molar refractivity (Wildman–Crippen MR) is 86.2 cm³/mol. The van der Waals surface area contributed by atoms with E-state index in [1.54, 1.807) is 13.0 Å². The predicted octanol–water partition coefficient (Wildman–Crippen LogP) is 3.66. The first-order valence-corrected chi connectivity index (χ1v) is 7.70. The van der Waals surface area contributed by atoms with Crippen LogP contribution in [0.25, 0.3) is 0 Å². The lowest BCUT2D eigenvalue weighted by Gasteiger charge is -2.20. The molecule has 1 amide bonds. The Balaban J connectivity index is 2.13. The van der Waals surface area contributed by atoms with Gasteiger partial charge in [0.1, 0.15) is 11.8 Å². The number of amides is 1.